The fraction of sp³-hybridized carbons (Fsp3) is 0.261. The molecule has 29 heavy (non-hydrogen) atoms. The minimum Gasteiger partial charge on any atom is -0.338 e. The van der Waals surface area contributed by atoms with E-state index in [0.29, 0.717) is 19.6 Å². The van der Waals surface area contributed by atoms with Gasteiger partial charge in [-0.2, -0.15) is 0 Å². The van der Waals surface area contributed by atoms with Crippen LogP contribution >= 0.6 is 0 Å². The molecule has 2 N–H and O–H groups in total. The second-order valence-electron chi connectivity index (χ2n) is 7.31. The lowest BCUT2D eigenvalue weighted by atomic mass is 9.99. The van der Waals surface area contributed by atoms with Crippen LogP contribution in [0.2, 0.25) is 0 Å². The van der Waals surface area contributed by atoms with Crippen LogP contribution in [0.3, 0.4) is 0 Å². The zero-order chi connectivity index (χ0) is 20.2. The Morgan fingerprint density at radius 3 is 2.83 bits per heavy atom. The molecule has 2 aromatic carbocycles. The van der Waals surface area contributed by atoms with Crippen LogP contribution in [0.5, 0.6) is 0 Å². The highest BCUT2D eigenvalue weighted by Crippen LogP contribution is 2.23. The molecule has 1 aliphatic heterocycles. The molecule has 0 saturated heterocycles. The van der Waals surface area contributed by atoms with Gasteiger partial charge in [-0.15, -0.1) is 0 Å². The van der Waals surface area contributed by atoms with Gasteiger partial charge in [0.05, 0.1) is 5.52 Å². The number of carbonyl (C=O) groups excluding carboxylic acids is 2. The predicted molar refractivity (Wildman–Crippen MR) is 114 cm³/mol. The lowest BCUT2D eigenvalue weighted by Crippen LogP contribution is -2.43. The normalized spacial score (nSPS) is 13.1. The molecule has 0 saturated carbocycles. The van der Waals surface area contributed by atoms with Crippen LogP contribution in [0.1, 0.15) is 23.6 Å². The van der Waals surface area contributed by atoms with Crippen molar-refractivity contribution in [1.82, 2.24) is 15.2 Å². The van der Waals surface area contributed by atoms with Gasteiger partial charge in [-0.25, -0.2) is 4.79 Å². The van der Waals surface area contributed by atoms with Gasteiger partial charge in [0.2, 0.25) is 5.91 Å². The van der Waals surface area contributed by atoms with Crippen LogP contribution < -0.4 is 10.6 Å². The number of nitrogens with zero attached hydrogens (tertiary/aromatic N) is 2. The van der Waals surface area contributed by atoms with Crippen molar-refractivity contribution in [1.29, 1.82) is 0 Å². The number of benzene rings is 2. The Balaban J connectivity index is 1.36. The standard InChI is InChI=1S/C23H24N4O2/c1-16(28)26-21-8-7-17-10-13-27(15-20(17)14-21)23(29)25-12-9-19-5-2-4-18-6-3-11-24-22(18)19/h2-8,11,14H,9-10,12-13,15H2,1H3,(H,25,29)(H,26,28). The van der Waals surface area contributed by atoms with E-state index in [1.807, 2.05) is 47.4 Å². The summed E-state index contributed by atoms with van der Waals surface area (Å²) in [6, 6.07) is 15.9. The monoisotopic (exact) mass is 388 g/mol. The number of amides is 3. The second-order valence-corrected chi connectivity index (χ2v) is 7.31. The minimum absolute atomic E-state index is 0.0613. The number of hydrogen-bond acceptors (Lipinski definition) is 3. The highest BCUT2D eigenvalue weighted by atomic mass is 16.2. The molecule has 0 atom stereocenters. The van der Waals surface area contributed by atoms with E-state index in [-0.39, 0.29) is 11.9 Å². The first-order valence-corrected chi connectivity index (χ1v) is 9.85. The van der Waals surface area contributed by atoms with Crippen LogP contribution in [-0.2, 0) is 24.2 Å². The number of pyridine rings is 1. The van der Waals surface area contributed by atoms with Gasteiger partial charge in [0, 0.05) is 43.8 Å². The quantitative estimate of drug-likeness (QED) is 0.718. The average molecular weight is 388 g/mol. The number of fused-ring (bicyclic) bond motifs is 2. The van der Waals surface area contributed by atoms with E-state index in [2.05, 4.69) is 21.7 Å². The zero-order valence-corrected chi connectivity index (χ0v) is 16.4. The Kier molecular flexibility index (Phi) is 5.42. The highest BCUT2D eigenvalue weighted by Gasteiger charge is 2.20. The molecule has 148 valence electrons. The summed E-state index contributed by atoms with van der Waals surface area (Å²) < 4.78 is 0. The first-order valence-electron chi connectivity index (χ1n) is 9.85. The summed E-state index contributed by atoms with van der Waals surface area (Å²) in [4.78, 5) is 30.2. The molecule has 1 aliphatic rings. The third kappa shape index (κ3) is 4.37. The number of hydrogen-bond donors (Lipinski definition) is 2. The fourth-order valence-corrected chi connectivity index (χ4v) is 3.80. The maximum Gasteiger partial charge on any atom is 0.317 e. The Morgan fingerprint density at radius 2 is 1.97 bits per heavy atom. The SMILES string of the molecule is CC(=O)Nc1ccc2c(c1)CN(C(=O)NCCc1cccc3cccnc13)CC2. The van der Waals surface area contributed by atoms with Crippen molar-refractivity contribution in [3.05, 3.63) is 71.4 Å². The molecule has 0 bridgehead atoms. The number of carbonyl (C=O) groups is 2. The third-order valence-corrected chi connectivity index (χ3v) is 5.21. The van der Waals surface area contributed by atoms with Gasteiger partial charge in [0.15, 0.2) is 0 Å². The van der Waals surface area contributed by atoms with Crippen molar-refractivity contribution < 1.29 is 9.59 Å². The Bertz CT molecular complexity index is 1060. The van der Waals surface area contributed by atoms with Crippen molar-refractivity contribution >= 4 is 28.5 Å². The van der Waals surface area contributed by atoms with E-state index >= 15 is 0 Å². The molecule has 6 nitrogen and oxygen atoms in total. The van der Waals surface area contributed by atoms with Gasteiger partial charge in [-0.3, -0.25) is 9.78 Å². The first-order chi connectivity index (χ1) is 14.1. The third-order valence-electron chi connectivity index (χ3n) is 5.21. The largest absolute Gasteiger partial charge is 0.338 e. The number of anilines is 1. The number of aromatic nitrogens is 1. The molecule has 0 spiro atoms. The van der Waals surface area contributed by atoms with Crippen LogP contribution in [0, 0.1) is 0 Å². The molecule has 0 unspecified atom stereocenters. The first kappa shape index (κ1) is 18.9. The molecule has 1 aromatic heterocycles. The molecular formula is C23H24N4O2. The van der Waals surface area contributed by atoms with Crippen molar-refractivity contribution in [3.8, 4) is 0 Å². The maximum atomic E-state index is 12.7. The molecule has 6 heteroatoms. The molecule has 0 aliphatic carbocycles. The summed E-state index contributed by atoms with van der Waals surface area (Å²) in [6.07, 6.45) is 3.35. The summed E-state index contributed by atoms with van der Waals surface area (Å²) in [6.45, 7) is 3.28. The van der Waals surface area contributed by atoms with Crippen molar-refractivity contribution in [3.63, 3.8) is 0 Å². The van der Waals surface area contributed by atoms with E-state index in [1.165, 1.54) is 12.5 Å². The van der Waals surface area contributed by atoms with Crippen molar-refractivity contribution in [2.75, 3.05) is 18.4 Å². The lowest BCUT2D eigenvalue weighted by Gasteiger charge is -2.29. The van der Waals surface area contributed by atoms with Gasteiger partial charge >= 0.3 is 6.03 Å². The predicted octanol–water partition coefficient (Wildman–Crippen LogP) is 3.50. The topological polar surface area (TPSA) is 74.3 Å². The summed E-state index contributed by atoms with van der Waals surface area (Å²) >= 11 is 0. The Morgan fingerprint density at radius 1 is 1.10 bits per heavy atom. The fourth-order valence-electron chi connectivity index (χ4n) is 3.80. The Hall–Kier alpha value is -3.41. The number of nitrogens with one attached hydrogen (secondary N) is 2. The second kappa shape index (κ2) is 8.31. The number of urea groups is 1. The lowest BCUT2D eigenvalue weighted by molar-refractivity contribution is -0.114. The zero-order valence-electron chi connectivity index (χ0n) is 16.4. The van der Waals surface area contributed by atoms with Gasteiger partial charge in [0.25, 0.3) is 0 Å². The summed E-state index contributed by atoms with van der Waals surface area (Å²) in [5.74, 6) is -0.0988. The molecule has 3 amide bonds. The molecule has 0 fully saturated rings. The molecule has 4 rings (SSSR count). The van der Waals surface area contributed by atoms with Gasteiger partial charge in [0.1, 0.15) is 0 Å². The average Bonchev–Trinajstić information content (AvgIpc) is 2.73. The van der Waals surface area contributed by atoms with Crippen LogP contribution in [0.25, 0.3) is 10.9 Å². The highest BCUT2D eigenvalue weighted by molar-refractivity contribution is 5.88. The summed E-state index contributed by atoms with van der Waals surface area (Å²) in [5.41, 5.74) is 5.19. The summed E-state index contributed by atoms with van der Waals surface area (Å²) in [5, 5.41) is 6.94. The number of rotatable bonds is 4. The van der Waals surface area contributed by atoms with E-state index in [0.717, 1.165) is 40.6 Å². The minimum atomic E-state index is -0.0988. The van der Waals surface area contributed by atoms with Crippen molar-refractivity contribution in [2.45, 2.75) is 26.3 Å². The van der Waals surface area contributed by atoms with Crippen molar-refractivity contribution in [2.24, 2.45) is 0 Å². The maximum absolute atomic E-state index is 12.7. The van der Waals surface area contributed by atoms with Crippen LogP contribution in [0.15, 0.2) is 54.7 Å². The smallest absolute Gasteiger partial charge is 0.317 e. The summed E-state index contributed by atoms with van der Waals surface area (Å²) in [7, 11) is 0. The van der Waals surface area contributed by atoms with E-state index in [4.69, 9.17) is 0 Å². The van der Waals surface area contributed by atoms with E-state index < -0.39 is 0 Å². The van der Waals surface area contributed by atoms with Crippen LogP contribution in [-0.4, -0.2) is 34.9 Å². The van der Waals surface area contributed by atoms with E-state index in [1.54, 1.807) is 6.20 Å². The van der Waals surface area contributed by atoms with Gasteiger partial charge in [-0.05, 0) is 47.7 Å². The Labute approximate surface area is 169 Å². The van der Waals surface area contributed by atoms with Crippen LogP contribution in [0.4, 0.5) is 10.5 Å². The van der Waals surface area contributed by atoms with E-state index in [9.17, 15) is 9.59 Å². The molecule has 0 radical (unpaired) electrons. The molecular weight excluding hydrogens is 364 g/mol. The molecule has 2 heterocycles. The van der Waals surface area contributed by atoms with Gasteiger partial charge < -0.3 is 15.5 Å². The number of para-hydroxylation sites is 1. The molecule has 3 aromatic rings. The van der Waals surface area contributed by atoms with Gasteiger partial charge in [-0.1, -0.05) is 30.3 Å².